The molecule has 3 saturated carbocycles. The van der Waals surface area contributed by atoms with Crippen LogP contribution in [0.15, 0.2) is 48.8 Å². The smallest absolute Gasteiger partial charge is 0.298 e. The first-order valence-electron chi connectivity index (χ1n) is 11.4. The lowest BCUT2D eigenvalue weighted by atomic mass is 9.30. The Morgan fingerprint density at radius 3 is 2.43 bits per heavy atom. The second-order valence-corrected chi connectivity index (χ2v) is 10.6. The summed E-state index contributed by atoms with van der Waals surface area (Å²) < 4.78 is 71.5. The van der Waals surface area contributed by atoms with Crippen molar-refractivity contribution in [2.75, 3.05) is 0 Å². The summed E-state index contributed by atoms with van der Waals surface area (Å²) in [6, 6.07) is 9.33. The second kappa shape index (κ2) is 8.02. The summed E-state index contributed by atoms with van der Waals surface area (Å²) in [7, 11) is 0. The highest BCUT2D eigenvalue weighted by Gasteiger charge is 2.82. The maximum absolute atomic E-state index is 16.3. The molecule has 13 heteroatoms. The molecule has 0 spiro atoms. The first-order chi connectivity index (χ1) is 17.6. The lowest BCUT2D eigenvalue weighted by Crippen LogP contribution is -2.76. The molecule has 0 radical (unpaired) electrons. The standard InChI is InChI=1S/C24H20F4N6O2S/c1-14-30-20(37-31-14)36-17-5-2-15(3-6-17)21-9-22(10-21,11-21)24(27,28)23(35,12-34-13-29-32-33-34)18-7-4-16(25)8-19(18)26/h2-8,13,35H,9-12H2,1H3/t21?,22?,23-/m1/s1. The van der Waals surface area contributed by atoms with Crippen molar-refractivity contribution in [1.29, 1.82) is 0 Å². The Labute approximate surface area is 212 Å². The number of hydrogen-bond acceptors (Lipinski definition) is 8. The average molecular weight is 533 g/mol. The van der Waals surface area contributed by atoms with Crippen LogP contribution in [0.25, 0.3) is 0 Å². The van der Waals surface area contributed by atoms with E-state index in [2.05, 4.69) is 24.9 Å². The number of hydrogen-bond donors (Lipinski definition) is 1. The number of ether oxygens (including phenoxy) is 1. The summed E-state index contributed by atoms with van der Waals surface area (Å²) in [5.74, 6) is -4.82. The van der Waals surface area contributed by atoms with Crippen LogP contribution in [0.2, 0.25) is 0 Å². The normalized spacial score (nSPS) is 24.2. The van der Waals surface area contributed by atoms with Crippen LogP contribution >= 0.6 is 11.5 Å². The van der Waals surface area contributed by atoms with Gasteiger partial charge < -0.3 is 9.84 Å². The third kappa shape index (κ3) is 3.55. The number of halogens is 4. The van der Waals surface area contributed by atoms with E-state index in [1.165, 1.54) is 0 Å². The lowest BCUT2D eigenvalue weighted by Gasteiger charge is -2.74. The van der Waals surface area contributed by atoms with Crippen LogP contribution in [0.5, 0.6) is 10.9 Å². The predicted octanol–water partition coefficient (Wildman–Crippen LogP) is 4.55. The van der Waals surface area contributed by atoms with E-state index in [0.29, 0.717) is 22.8 Å². The van der Waals surface area contributed by atoms with Crippen LogP contribution in [0.3, 0.4) is 0 Å². The highest BCUT2D eigenvalue weighted by atomic mass is 32.1. The van der Waals surface area contributed by atoms with Gasteiger partial charge in [0.15, 0.2) is 5.60 Å². The van der Waals surface area contributed by atoms with Gasteiger partial charge >= 0.3 is 0 Å². The second-order valence-electron chi connectivity index (χ2n) is 9.89. The van der Waals surface area contributed by atoms with Crippen molar-refractivity contribution in [2.24, 2.45) is 5.41 Å². The molecule has 192 valence electrons. The maximum Gasteiger partial charge on any atom is 0.298 e. The molecule has 37 heavy (non-hydrogen) atoms. The predicted molar refractivity (Wildman–Crippen MR) is 122 cm³/mol. The minimum atomic E-state index is -3.77. The van der Waals surface area contributed by atoms with E-state index in [-0.39, 0.29) is 19.3 Å². The summed E-state index contributed by atoms with van der Waals surface area (Å²) in [5, 5.41) is 22.3. The number of nitrogens with zero attached hydrogens (tertiary/aromatic N) is 6. The van der Waals surface area contributed by atoms with Gasteiger partial charge in [0.05, 0.1) is 6.54 Å². The molecular weight excluding hydrogens is 512 g/mol. The molecule has 4 aromatic rings. The van der Waals surface area contributed by atoms with Crippen molar-refractivity contribution in [3.8, 4) is 10.9 Å². The zero-order chi connectivity index (χ0) is 26.1. The number of aliphatic hydroxyl groups is 1. The van der Waals surface area contributed by atoms with Crippen molar-refractivity contribution in [1.82, 2.24) is 29.6 Å². The molecule has 2 aromatic carbocycles. The third-order valence-electron chi connectivity index (χ3n) is 7.56. The molecule has 0 amide bonds. The fourth-order valence-electron chi connectivity index (χ4n) is 5.83. The Morgan fingerprint density at radius 2 is 1.84 bits per heavy atom. The molecule has 3 fully saturated rings. The van der Waals surface area contributed by atoms with Crippen molar-refractivity contribution < 1.29 is 27.4 Å². The number of tetrazole rings is 1. The van der Waals surface area contributed by atoms with E-state index in [9.17, 15) is 13.9 Å². The Hall–Kier alpha value is -3.45. The summed E-state index contributed by atoms with van der Waals surface area (Å²) in [4.78, 5) is 4.15. The summed E-state index contributed by atoms with van der Waals surface area (Å²) in [5.41, 5.74) is -4.87. The Kier molecular flexibility index (Phi) is 5.19. The molecule has 0 saturated heterocycles. The Morgan fingerprint density at radius 1 is 1.11 bits per heavy atom. The van der Waals surface area contributed by atoms with Crippen LogP contribution in [-0.2, 0) is 17.6 Å². The van der Waals surface area contributed by atoms with Gasteiger partial charge in [0, 0.05) is 28.6 Å². The molecule has 1 N–H and O–H groups in total. The molecule has 2 aromatic heterocycles. The van der Waals surface area contributed by atoms with Gasteiger partial charge in [-0.1, -0.05) is 12.1 Å². The highest BCUT2D eigenvalue weighted by Crippen LogP contribution is 2.80. The minimum absolute atomic E-state index is 0.101. The van der Waals surface area contributed by atoms with E-state index in [1.54, 1.807) is 19.1 Å². The first-order valence-corrected chi connectivity index (χ1v) is 12.2. The first kappa shape index (κ1) is 23.9. The molecule has 3 aliphatic carbocycles. The molecule has 8 nitrogen and oxygen atoms in total. The third-order valence-corrected chi connectivity index (χ3v) is 8.24. The number of aromatic nitrogens is 6. The largest absolute Gasteiger partial charge is 0.430 e. The van der Waals surface area contributed by atoms with Gasteiger partial charge in [-0.25, -0.2) is 22.2 Å². The summed E-state index contributed by atoms with van der Waals surface area (Å²) >= 11 is 1.13. The van der Waals surface area contributed by atoms with Crippen LogP contribution in [0.1, 0.15) is 36.2 Å². The van der Waals surface area contributed by atoms with Gasteiger partial charge in [0.2, 0.25) is 0 Å². The molecule has 2 bridgehead atoms. The van der Waals surface area contributed by atoms with Crippen molar-refractivity contribution in [2.45, 2.75) is 49.7 Å². The highest BCUT2D eigenvalue weighted by molar-refractivity contribution is 7.07. The van der Waals surface area contributed by atoms with Crippen LogP contribution in [0, 0.1) is 24.0 Å². The van der Waals surface area contributed by atoms with Gasteiger partial charge in [-0.3, -0.25) is 0 Å². The van der Waals surface area contributed by atoms with Gasteiger partial charge in [0.25, 0.3) is 11.1 Å². The number of rotatable bonds is 8. The fraction of sp³-hybridized carbons (Fsp3) is 0.375. The van der Waals surface area contributed by atoms with Crippen molar-refractivity contribution in [3.63, 3.8) is 0 Å². The van der Waals surface area contributed by atoms with Gasteiger partial charge in [-0.15, -0.1) is 5.10 Å². The zero-order valence-electron chi connectivity index (χ0n) is 19.4. The molecule has 3 aliphatic rings. The SMILES string of the molecule is Cc1nsc(Oc2ccc(C34CC(C(F)(F)[C@@](O)(Cn5cnnn5)c5ccc(F)cc5F)(C3)C4)cc2)n1. The number of aryl methyl sites for hydroxylation is 1. The van der Waals surface area contributed by atoms with E-state index in [4.69, 9.17) is 4.74 Å². The van der Waals surface area contributed by atoms with Gasteiger partial charge in [0.1, 0.15) is 29.5 Å². The molecule has 2 heterocycles. The van der Waals surface area contributed by atoms with Crippen molar-refractivity contribution >= 4 is 11.5 Å². The Bertz CT molecular complexity index is 1440. The summed E-state index contributed by atoms with van der Waals surface area (Å²) in [6.45, 7) is 0.955. The quantitative estimate of drug-likeness (QED) is 0.333. The molecule has 0 aliphatic heterocycles. The van der Waals surface area contributed by atoms with Crippen LogP contribution in [-0.4, -0.2) is 40.6 Å². The molecule has 7 rings (SSSR count). The maximum atomic E-state index is 16.3. The monoisotopic (exact) mass is 532 g/mol. The molecule has 1 atom stereocenters. The van der Waals surface area contributed by atoms with E-state index >= 15 is 8.78 Å². The molecule has 0 unspecified atom stereocenters. The van der Waals surface area contributed by atoms with Crippen molar-refractivity contribution in [3.05, 3.63) is 77.4 Å². The fourth-order valence-corrected chi connectivity index (χ4v) is 6.39. The Balaban J connectivity index is 1.25. The number of alkyl halides is 2. The van der Waals surface area contributed by atoms with Gasteiger partial charge in [-0.05, 0) is 71.9 Å². The zero-order valence-corrected chi connectivity index (χ0v) is 20.2. The minimum Gasteiger partial charge on any atom is -0.430 e. The summed E-state index contributed by atoms with van der Waals surface area (Å²) in [6.07, 6.45) is 1.36. The van der Waals surface area contributed by atoms with E-state index < -0.39 is 46.1 Å². The van der Waals surface area contributed by atoms with E-state index in [0.717, 1.165) is 40.2 Å². The topological polar surface area (TPSA) is 98.8 Å². The van der Waals surface area contributed by atoms with Gasteiger partial charge in [-0.2, -0.15) is 9.36 Å². The number of benzene rings is 2. The lowest BCUT2D eigenvalue weighted by molar-refractivity contribution is -0.347. The van der Waals surface area contributed by atoms with Crippen LogP contribution < -0.4 is 4.74 Å². The average Bonchev–Trinajstić information content (AvgIpc) is 3.44. The van der Waals surface area contributed by atoms with Crippen LogP contribution in [0.4, 0.5) is 17.6 Å². The molecular formula is C24H20F4N6O2S. The van der Waals surface area contributed by atoms with E-state index in [1.807, 2.05) is 12.1 Å².